The molecule has 18 heavy (non-hydrogen) atoms. The summed E-state index contributed by atoms with van der Waals surface area (Å²) in [6.45, 7) is 0.780. The molecule has 0 amide bonds. The van der Waals surface area contributed by atoms with Crippen molar-refractivity contribution in [1.29, 1.82) is 0 Å². The van der Waals surface area contributed by atoms with Gasteiger partial charge in [0.1, 0.15) is 5.75 Å². The van der Waals surface area contributed by atoms with E-state index in [4.69, 9.17) is 16.3 Å². The Labute approximate surface area is 120 Å². The van der Waals surface area contributed by atoms with Gasteiger partial charge in [0.15, 0.2) is 0 Å². The third kappa shape index (κ3) is 2.27. The molecule has 0 fully saturated rings. The van der Waals surface area contributed by atoms with Crippen LogP contribution >= 0.6 is 27.5 Å². The Hall–Kier alpha value is -0.990. The van der Waals surface area contributed by atoms with E-state index in [2.05, 4.69) is 28.1 Å². The molecular weight excluding hydrogens is 312 g/mol. The van der Waals surface area contributed by atoms with Crippen LogP contribution in [0.4, 0.5) is 0 Å². The molecule has 3 heteroatoms. The molecule has 3 rings (SSSR count). The highest BCUT2D eigenvalue weighted by molar-refractivity contribution is 9.10. The molecule has 1 nitrogen and oxygen atoms in total. The first-order chi connectivity index (χ1) is 8.74. The fraction of sp³-hybridized carbons (Fsp3) is 0.200. The Morgan fingerprint density at radius 1 is 1.11 bits per heavy atom. The van der Waals surface area contributed by atoms with Crippen molar-refractivity contribution in [1.82, 2.24) is 0 Å². The van der Waals surface area contributed by atoms with E-state index >= 15 is 0 Å². The van der Waals surface area contributed by atoms with E-state index in [1.165, 1.54) is 5.56 Å². The van der Waals surface area contributed by atoms with E-state index in [9.17, 15) is 0 Å². The third-order valence-electron chi connectivity index (χ3n) is 3.15. The van der Waals surface area contributed by atoms with Gasteiger partial charge < -0.3 is 4.74 Å². The van der Waals surface area contributed by atoms with Gasteiger partial charge in [0.2, 0.25) is 0 Å². The quantitative estimate of drug-likeness (QED) is 0.727. The maximum Gasteiger partial charge on any atom is 0.122 e. The summed E-state index contributed by atoms with van der Waals surface area (Å²) < 4.78 is 6.56. The number of benzene rings is 2. The lowest BCUT2D eigenvalue weighted by molar-refractivity contribution is 0.357. The van der Waals surface area contributed by atoms with Gasteiger partial charge in [-0.2, -0.15) is 0 Å². The van der Waals surface area contributed by atoms with Crippen molar-refractivity contribution in [3.8, 4) is 5.75 Å². The fourth-order valence-electron chi connectivity index (χ4n) is 2.22. The van der Waals surface area contributed by atoms with Crippen LogP contribution in [0.2, 0.25) is 0 Å². The molecule has 92 valence electrons. The summed E-state index contributed by atoms with van der Waals surface area (Å²) in [6.07, 6.45) is 0.977. The standard InChI is InChI=1S/C15H12BrClO/c16-13-3-1-2-11(9-13)15(17)12-4-5-14-10(8-12)6-7-18-14/h1-5,8-9,15H,6-7H2. The molecule has 2 aromatic carbocycles. The van der Waals surface area contributed by atoms with Crippen LogP contribution in [0.1, 0.15) is 22.1 Å². The van der Waals surface area contributed by atoms with E-state index in [1.807, 2.05) is 30.3 Å². The first-order valence-corrected chi connectivity index (χ1v) is 7.12. The van der Waals surface area contributed by atoms with Gasteiger partial charge in [0.05, 0.1) is 12.0 Å². The summed E-state index contributed by atoms with van der Waals surface area (Å²) in [5.74, 6) is 0.997. The molecule has 0 N–H and O–H groups in total. The van der Waals surface area contributed by atoms with E-state index in [-0.39, 0.29) is 5.38 Å². The number of hydrogen-bond donors (Lipinski definition) is 0. The van der Waals surface area contributed by atoms with Crippen LogP contribution in [0.5, 0.6) is 5.75 Å². The molecule has 1 unspecified atom stereocenters. The van der Waals surface area contributed by atoms with Gasteiger partial charge in [-0.25, -0.2) is 0 Å². The first kappa shape index (κ1) is 12.1. The highest BCUT2D eigenvalue weighted by atomic mass is 79.9. The number of fused-ring (bicyclic) bond motifs is 1. The van der Waals surface area contributed by atoms with Gasteiger partial charge >= 0.3 is 0 Å². The summed E-state index contributed by atoms with van der Waals surface area (Å²) >= 11 is 10.0. The Morgan fingerprint density at radius 2 is 1.94 bits per heavy atom. The lowest BCUT2D eigenvalue weighted by atomic mass is 10.0. The lowest BCUT2D eigenvalue weighted by Crippen LogP contribution is -1.94. The van der Waals surface area contributed by atoms with Gasteiger partial charge in [-0.05, 0) is 34.9 Å². The van der Waals surface area contributed by atoms with Crippen molar-refractivity contribution in [2.24, 2.45) is 0 Å². The summed E-state index contributed by atoms with van der Waals surface area (Å²) in [4.78, 5) is 0. The second kappa shape index (κ2) is 4.94. The molecular formula is C15H12BrClO. The van der Waals surface area contributed by atoms with Crippen molar-refractivity contribution in [2.45, 2.75) is 11.8 Å². The molecule has 1 aliphatic rings. The van der Waals surface area contributed by atoms with Crippen LogP contribution in [0.3, 0.4) is 0 Å². The average molecular weight is 324 g/mol. The summed E-state index contributed by atoms with van der Waals surface area (Å²) in [5, 5.41) is -0.117. The van der Waals surface area contributed by atoms with E-state index < -0.39 is 0 Å². The normalized spacial score (nSPS) is 15.0. The van der Waals surface area contributed by atoms with E-state index in [0.29, 0.717) is 0 Å². The van der Waals surface area contributed by atoms with E-state index in [0.717, 1.165) is 34.4 Å². The summed E-state index contributed by atoms with van der Waals surface area (Å²) in [6, 6.07) is 14.3. The van der Waals surface area contributed by atoms with Crippen molar-refractivity contribution in [3.05, 3.63) is 63.6 Å². The molecule has 0 radical (unpaired) electrons. The Morgan fingerprint density at radius 3 is 2.78 bits per heavy atom. The summed E-state index contributed by atoms with van der Waals surface area (Å²) in [7, 11) is 0. The predicted molar refractivity (Wildman–Crippen MR) is 77.5 cm³/mol. The van der Waals surface area contributed by atoms with Crippen molar-refractivity contribution in [3.63, 3.8) is 0 Å². The Bertz CT molecular complexity index is 582. The molecule has 0 bridgehead atoms. The number of rotatable bonds is 2. The average Bonchev–Trinajstić information content (AvgIpc) is 2.85. The summed E-state index contributed by atoms with van der Waals surface area (Å²) in [5.41, 5.74) is 3.48. The van der Waals surface area contributed by atoms with Crippen molar-refractivity contribution < 1.29 is 4.74 Å². The van der Waals surface area contributed by atoms with Crippen LogP contribution in [-0.2, 0) is 6.42 Å². The molecule has 2 aromatic rings. The number of alkyl halides is 1. The zero-order chi connectivity index (χ0) is 12.5. The number of ether oxygens (including phenoxy) is 1. The maximum atomic E-state index is 6.54. The Kier molecular flexibility index (Phi) is 3.31. The molecule has 0 aliphatic carbocycles. The fourth-order valence-corrected chi connectivity index (χ4v) is 2.91. The molecule has 0 spiro atoms. The minimum Gasteiger partial charge on any atom is -0.493 e. The molecule has 1 heterocycles. The van der Waals surface area contributed by atoms with Gasteiger partial charge in [-0.3, -0.25) is 0 Å². The van der Waals surface area contributed by atoms with Crippen LogP contribution in [-0.4, -0.2) is 6.61 Å². The highest BCUT2D eigenvalue weighted by Gasteiger charge is 2.16. The number of hydrogen-bond acceptors (Lipinski definition) is 1. The first-order valence-electron chi connectivity index (χ1n) is 5.89. The van der Waals surface area contributed by atoms with Crippen LogP contribution < -0.4 is 4.74 Å². The minimum absolute atomic E-state index is 0.117. The van der Waals surface area contributed by atoms with Crippen LogP contribution in [0.15, 0.2) is 46.9 Å². The largest absolute Gasteiger partial charge is 0.493 e. The van der Waals surface area contributed by atoms with Gasteiger partial charge in [-0.1, -0.05) is 40.2 Å². The van der Waals surface area contributed by atoms with Crippen molar-refractivity contribution in [2.75, 3.05) is 6.61 Å². The molecule has 0 aromatic heterocycles. The number of halogens is 2. The molecule has 1 atom stereocenters. The Balaban J connectivity index is 1.95. The maximum absolute atomic E-state index is 6.54. The third-order valence-corrected chi connectivity index (χ3v) is 4.14. The molecule has 0 saturated carbocycles. The zero-order valence-electron chi connectivity index (χ0n) is 9.70. The topological polar surface area (TPSA) is 9.23 Å². The smallest absolute Gasteiger partial charge is 0.122 e. The SMILES string of the molecule is ClC(c1cccc(Br)c1)c1ccc2c(c1)CCO2. The van der Waals surface area contributed by atoms with Gasteiger partial charge in [0.25, 0.3) is 0 Å². The van der Waals surface area contributed by atoms with Crippen LogP contribution in [0.25, 0.3) is 0 Å². The van der Waals surface area contributed by atoms with Gasteiger partial charge in [0, 0.05) is 10.9 Å². The monoisotopic (exact) mass is 322 g/mol. The lowest BCUT2D eigenvalue weighted by Gasteiger charge is -2.12. The minimum atomic E-state index is -0.117. The second-order valence-electron chi connectivity index (χ2n) is 4.38. The molecule has 1 aliphatic heterocycles. The van der Waals surface area contributed by atoms with Gasteiger partial charge in [-0.15, -0.1) is 11.6 Å². The highest BCUT2D eigenvalue weighted by Crippen LogP contribution is 2.34. The van der Waals surface area contributed by atoms with E-state index in [1.54, 1.807) is 0 Å². The zero-order valence-corrected chi connectivity index (χ0v) is 12.0. The predicted octanol–water partition coefficient (Wildman–Crippen LogP) is 4.71. The van der Waals surface area contributed by atoms with Crippen molar-refractivity contribution >= 4 is 27.5 Å². The second-order valence-corrected chi connectivity index (χ2v) is 5.74. The molecule has 0 saturated heterocycles. The van der Waals surface area contributed by atoms with Crippen LogP contribution in [0, 0.1) is 0 Å².